The molecule has 90 valence electrons. The number of rotatable bonds is 6. The first kappa shape index (κ1) is 13.2. The highest BCUT2D eigenvalue weighted by Crippen LogP contribution is 2.11. The molecule has 0 saturated heterocycles. The van der Waals surface area contributed by atoms with Gasteiger partial charge in [0, 0.05) is 17.3 Å². The van der Waals surface area contributed by atoms with Gasteiger partial charge in [0.15, 0.2) is 0 Å². The van der Waals surface area contributed by atoms with E-state index in [2.05, 4.69) is 11.4 Å². The van der Waals surface area contributed by atoms with Gasteiger partial charge in [-0.3, -0.25) is 4.79 Å². The summed E-state index contributed by atoms with van der Waals surface area (Å²) in [4.78, 5) is 12.9. The van der Waals surface area contributed by atoms with E-state index < -0.39 is 0 Å². The average Bonchev–Trinajstić information content (AvgIpc) is 2.70. The molecule has 0 radical (unpaired) electrons. The predicted octanol–water partition coefficient (Wildman–Crippen LogP) is 1.92. The molecule has 1 aromatic rings. The van der Waals surface area contributed by atoms with Crippen LogP contribution in [0.1, 0.15) is 31.6 Å². The van der Waals surface area contributed by atoms with Gasteiger partial charge in [0.1, 0.15) is 0 Å². The minimum atomic E-state index is -0.365. The van der Waals surface area contributed by atoms with Gasteiger partial charge in [0.25, 0.3) is 0 Å². The summed E-state index contributed by atoms with van der Waals surface area (Å²) in [6.45, 7) is 4.04. The Labute approximate surface area is 101 Å². The third-order valence-electron chi connectivity index (χ3n) is 2.41. The Hall–Kier alpha value is -0.870. The highest BCUT2D eigenvalue weighted by Gasteiger charge is 2.14. The van der Waals surface area contributed by atoms with Gasteiger partial charge in [0.2, 0.25) is 5.91 Å². The van der Waals surface area contributed by atoms with E-state index in [0.29, 0.717) is 0 Å². The van der Waals surface area contributed by atoms with E-state index in [9.17, 15) is 4.79 Å². The maximum absolute atomic E-state index is 11.6. The number of carbonyl (C=O) groups excluding carboxylic acids is 1. The smallest absolute Gasteiger partial charge is 0.237 e. The van der Waals surface area contributed by atoms with Gasteiger partial charge in [0.05, 0.1) is 6.04 Å². The van der Waals surface area contributed by atoms with Crippen molar-refractivity contribution in [1.82, 2.24) is 5.32 Å². The second-order valence-electron chi connectivity index (χ2n) is 4.09. The van der Waals surface area contributed by atoms with Gasteiger partial charge < -0.3 is 11.1 Å². The summed E-state index contributed by atoms with van der Waals surface area (Å²) in [5.41, 5.74) is 5.74. The second kappa shape index (κ2) is 6.66. The maximum Gasteiger partial charge on any atom is 0.237 e. The van der Waals surface area contributed by atoms with Crippen molar-refractivity contribution in [3.05, 3.63) is 22.4 Å². The van der Waals surface area contributed by atoms with E-state index in [1.165, 1.54) is 4.88 Å². The van der Waals surface area contributed by atoms with Crippen LogP contribution in [-0.2, 0) is 11.2 Å². The number of nitrogens with two attached hydrogens (primary N) is 1. The standard InChI is InChI=1S/C12H20N2OS/c1-3-5-11(13)12(15)14-9(2)8-10-6-4-7-16-10/h4,6-7,9,11H,3,5,8,13H2,1-2H3,(H,14,15). The lowest BCUT2D eigenvalue weighted by Gasteiger charge is -2.16. The van der Waals surface area contributed by atoms with Crippen molar-refractivity contribution in [2.24, 2.45) is 5.73 Å². The molecule has 0 saturated carbocycles. The third-order valence-corrected chi connectivity index (χ3v) is 3.31. The lowest BCUT2D eigenvalue weighted by Crippen LogP contribution is -2.44. The van der Waals surface area contributed by atoms with E-state index in [1.807, 2.05) is 25.3 Å². The first-order valence-electron chi connectivity index (χ1n) is 5.71. The van der Waals surface area contributed by atoms with Crippen molar-refractivity contribution in [2.75, 3.05) is 0 Å². The Morgan fingerprint density at radius 1 is 1.62 bits per heavy atom. The van der Waals surface area contributed by atoms with Crippen LogP contribution in [0.25, 0.3) is 0 Å². The van der Waals surface area contributed by atoms with Crippen LogP contribution in [-0.4, -0.2) is 18.0 Å². The van der Waals surface area contributed by atoms with Crippen molar-refractivity contribution in [2.45, 2.75) is 45.2 Å². The van der Waals surface area contributed by atoms with Crippen molar-refractivity contribution >= 4 is 17.2 Å². The lowest BCUT2D eigenvalue weighted by atomic mass is 10.1. The largest absolute Gasteiger partial charge is 0.352 e. The van der Waals surface area contributed by atoms with Crippen LogP contribution < -0.4 is 11.1 Å². The number of amides is 1. The number of thiophene rings is 1. The van der Waals surface area contributed by atoms with Crippen LogP contribution >= 0.6 is 11.3 Å². The van der Waals surface area contributed by atoms with E-state index >= 15 is 0 Å². The summed E-state index contributed by atoms with van der Waals surface area (Å²) in [5.74, 6) is -0.0362. The summed E-state index contributed by atoms with van der Waals surface area (Å²) in [6, 6.07) is 3.89. The van der Waals surface area contributed by atoms with Crippen molar-refractivity contribution in [3.8, 4) is 0 Å². The fraction of sp³-hybridized carbons (Fsp3) is 0.583. The molecule has 16 heavy (non-hydrogen) atoms. The highest BCUT2D eigenvalue weighted by molar-refractivity contribution is 7.09. The zero-order chi connectivity index (χ0) is 12.0. The van der Waals surface area contributed by atoms with Crippen LogP contribution in [0, 0.1) is 0 Å². The zero-order valence-electron chi connectivity index (χ0n) is 9.90. The molecular formula is C12H20N2OS. The number of hydrogen-bond donors (Lipinski definition) is 2. The third kappa shape index (κ3) is 4.33. The van der Waals surface area contributed by atoms with Gasteiger partial charge >= 0.3 is 0 Å². The van der Waals surface area contributed by atoms with E-state index in [1.54, 1.807) is 11.3 Å². The fourth-order valence-electron chi connectivity index (χ4n) is 1.57. The van der Waals surface area contributed by atoms with Crippen LogP contribution in [0.3, 0.4) is 0 Å². The van der Waals surface area contributed by atoms with Crippen LogP contribution in [0.2, 0.25) is 0 Å². The molecule has 1 heterocycles. The Kier molecular flexibility index (Phi) is 5.49. The molecular weight excluding hydrogens is 220 g/mol. The fourth-order valence-corrected chi connectivity index (χ4v) is 2.41. The maximum atomic E-state index is 11.6. The molecule has 3 N–H and O–H groups in total. The normalized spacial score (nSPS) is 14.4. The predicted molar refractivity (Wildman–Crippen MR) is 68.5 cm³/mol. The van der Waals surface area contributed by atoms with Crippen LogP contribution in [0.15, 0.2) is 17.5 Å². The Bertz CT molecular complexity index is 311. The molecule has 0 fully saturated rings. The van der Waals surface area contributed by atoms with Gasteiger partial charge in [-0.15, -0.1) is 11.3 Å². The van der Waals surface area contributed by atoms with Gasteiger partial charge in [-0.2, -0.15) is 0 Å². The van der Waals surface area contributed by atoms with E-state index in [4.69, 9.17) is 5.73 Å². The monoisotopic (exact) mass is 240 g/mol. The second-order valence-corrected chi connectivity index (χ2v) is 5.12. The van der Waals surface area contributed by atoms with Crippen molar-refractivity contribution in [1.29, 1.82) is 0 Å². The molecule has 4 heteroatoms. The molecule has 2 atom stereocenters. The van der Waals surface area contributed by atoms with Gasteiger partial charge in [-0.1, -0.05) is 19.4 Å². The molecule has 0 aliphatic rings. The number of carbonyl (C=O) groups is 1. The SMILES string of the molecule is CCCC(N)C(=O)NC(C)Cc1cccs1. The minimum Gasteiger partial charge on any atom is -0.352 e. The van der Waals surface area contributed by atoms with Gasteiger partial charge in [-0.05, 0) is 24.8 Å². The van der Waals surface area contributed by atoms with Crippen molar-refractivity contribution < 1.29 is 4.79 Å². The molecule has 0 spiro atoms. The summed E-state index contributed by atoms with van der Waals surface area (Å²) in [6.07, 6.45) is 2.56. The molecule has 1 amide bonds. The zero-order valence-corrected chi connectivity index (χ0v) is 10.7. The highest BCUT2D eigenvalue weighted by atomic mass is 32.1. The Balaban J connectivity index is 2.33. The van der Waals surface area contributed by atoms with Crippen molar-refractivity contribution in [3.63, 3.8) is 0 Å². The molecule has 1 aromatic heterocycles. The first-order chi connectivity index (χ1) is 7.63. The van der Waals surface area contributed by atoms with Crippen LogP contribution in [0.4, 0.5) is 0 Å². The number of nitrogens with one attached hydrogen (secondary N) is 1. The molecule has 3 nitrogen and oxygen atoms in total. The van der Waals surface area contributed by atoms with E-state index in [-0.39, 0.29) is 18.0 Å². The van der Waals surface area contributed by atoms with Gasteiger partial charge in [-0.25, -0.2) is 0 Å². The van der Waals surface area contributed by atoms with Crippen LogP contribution in [0.5, 0.6) is 0 Å². The quantitative estimate of drug-likeness (QED) is 0.798. The molecule has 0 aliphatic carbocycles. The Morgan fingerprint density at radius 2 is 2.38 bits per heavy atom. The topological polar surface area (TPSA) is 55.1 Å². The summed E-state index contributed by atoms with van der Waals surface area (Å²) >= 11 is 1.71. The molecule has 0 aromatic carbocycles. The lowest BCUT2D eigenvalue weighted by molar-refractivity contribution is -0.123. The molecule has 1 rings (SSSR count). The summed E-state index contributed by atoms with van der Waals surface area (Å²) in [7, 11) is 0. The summed E-state index contributed by atoms with van der Waals surface area (Å²) < 4.78 is 0. The molecule has 2 unspecified atom stereocenters. The average molecular weight is 240 g/mol. The first-order valence-corrected chi connectivity index (χ1v) is 6.59. The minimum absolute atomic E-state index is 0.0362. The molecule has 0 bridgehead atoms. The van der Waals surface area contributed by atoms with E-state index in [0.717, 1.165) is 19.3 Å². The summed E-state index contributed by atoms with van der Waals surface area (Å²) in [5, 5.41) is 4.99. The molecule has 0 aliphatic heterocycles. The number of hydrogen-bond acceptors (Lipinski definition) is 3. The Morgan fingerprint density at radius 3 is 2.94 bits per heavy atom.